The first kappa shape index (κ1) is 14.3. The molecule has 1 N–H and O–H groups in total. The molecule has 1 aliphatic carbocycles. The number of methoxy groups -OCH3 is 1. The summed E-state index contributed by atoms with van der Waals surface area (Å²) in [5.74, 6) is 1.01. The summed E-state index contributed by atoms with van der Waals surface area (Å²) in [5.41, 5.74) is 0.280. The van der Waals surface area contributed by atoms with Crippen molar-refractivity contribution in [3.8, 4) is 0 Å². The molecule has 21 heavy (non-hydrogen) atoms. The van der Waals surface area contributed by atoms with Crippen molar-refractivity contribution in [2.24, 2.45) is 5.92 Å². The number of ether oxygens (including phenoxy) is 1. The van der Waals surface area contributed by atoms with Crippen molar-refractivity contribution >= 4 is 11.8 Å². The molecule has 0 bridgehead atoms. The second-order valence-electron chi connectivity index (χ2n) is 5.85. The topological polar surface area (TPSA) is 67.3 Å². The molecule has 0 spiro atoms. The number of carbonyl (C=O) groups is 1. The molecule has 6 heteroatoms. The number of hydrogen-bond acceptors (Lipinski definition) is 6. The SMILES string of the molecule is COC(=O)c1cncc(N(CC2CCCNC2)C2CC2)n1. The van der Waals surface area contributed by atoms with E-state index in [0.29, 0.717) is 12.0 Å². The lowest BCUT2D eigenvalue weighted by Crippen LogP contribution is -2.39. The van der Waals surface area contributed by atoms with E-state index in [9.17, 15) is 4.79 Å². The monoisotopic (exact) mass is 290 g/mol. The molecule has 0 radical (unpaired) electrons. The zero-order chi connectivity index (χ0) is 14.7. The predicted octanol–water partition coefficient (Wildman–Crippen LogP) is 1.23. The van der Waals surface area contributed by atoms with Crippen LogP contribution in [0.5, 0.6) is 0 Å². The van der Waals surface area contributed by atoms with E-state index < -0.39 is 5.97 Å². The van der Waals surface area contributed by atoms with Gasteiger partial charge < -0.3 is 15.0 Å². The summed E-state index contributed by atoms with van der Waals surface area (Å²) in [6, 6.07) is 0.550. The molecule has 114 valence electrons. The summed E-state index contributed by atoms with van der Waals surface area (Å²) < 4.78 is 4.73. The van der Waals surface area contributed by atoms with Crippen LogP contribution < -0.4 is 10.2 Å². The van der Waals surface area contributed by atoms with Crippen molar-refractivity contribution in [3.63, 3.8) is 0 Å². The Hall–Kier alpha value is -1.69. The van der Waals surface area contributed by atoms with E-state index in [0.717, 1.165) is 25.5 Å². The largest absolute Gasteiger partial charge is 0.464 e. The third-order valence-corrected chi connectivity index (χ3v) is 4.15. The highest BCUT2D eigenvalue weighted by molar-refractivity contribution is 5.87. The van der Waals surface area contributed by atoms with Crippen molar-refractivity contribution in [1.29, 1.82) is 0 Å². The number of nitrogens with zero attached hydrogens (tertiary/aromatic N) is 3. The van der Waals surface area contributed by atoms with Crippen LogP contribution in [-0.4, -0.2) is 48.7 Å². The Morgan fingerprint density at radius 3 is 2.95 bits per heavy atom. The van der Waals surface area contributed by atoms with Gasteiger partial charge in [0.1, 0.15) is 5.82 Å². The van der Waals surface area contributed by atoms with E-state index >= 15 is 0 Å². The molecule has 6 nitrogen and oxygen atoms in total. The predicted molar refractivity (Wildman–Crippen MR) is 79.3 cm³/mol. The lowest BCUT2D eigenvalue weighted by molar-refractivity contribution is 0.0593. The van der Waals surface area contributed by atoms with Crippen LogP contribution in [0.15, 0.2) is 12.4 Å². The van der Waals surface area contributed by atoms with Crippen molar-refractivity contribution in [3.05, 3.63) is 18.1 Å². The Labute approximate surface area is 124 Å². The average Bonchev–Trinajstić information content (AvgIpc) is 3.38. The molecule has 1 aromatic heterocycles. The summed E-state index contributed by atoms with van der Waals surface area (Å²) in [6.07, 6.45) is 8.09. The fourth-order valence-corrected chi connectivity index (χ4v) is 2.87. The molecule has 2 fully saturated rings. The van der Waals surface area contributed by atoms with Gasteiger partial charge in [0.15, 0.2) is 5.69 Å². The standard InChI is InChI=1S/C15H22N4O2/c1-21-15(20)13-8-17-9-14(18-13)19(12-4-5-12)10-11-3-2-6-16-7-11/h8-9,11-12,16H,2-7,10H2,1H3. The molecule has 1 aromatic rings. The van der Waals surface area contributed by atoms with Gasteiger partial charge in [-0.3, -0.25) is 4.98 Å². The maximum absolute atomic E-state index is 11.6. The molecule has 1 unspecified atom stereocenters. The number of aromatic nitrogens is 2. The Kier molecular flexibility index (Phi) is 4.34. The quantitative estimate of drug-likeness (QED) is 0.823. The van der Waals surface area contributed by atoms with Crippen molar-refractivity contribution in [2.45, 2.75) is 31.7 Å². The number of hydrogen-bond donors (Lipinski definition) is 1. The van der Waals surface area contributed by atoms with Crippen molar-refractivity contribution in [1.82, 2.24) is 15.3 Å². The van der Waals surface area contributed by atoms with Gasteiger partial charge in [0.2, 0.25) is 0 Å². The number of carbonyl (C=O) groups excluding carboxylic acids is 1. The fraction of sp³-hybridized carbons (Fsp3) is 0.667. The smallest absolute Gasteiger partial charge is 0.358 e. The van der Waals surface area contributed by atoms with Gasteiger partial charge in [0.05, 0.1) is 19.5 Å². The van der Waals surface area contributed by atoms with Crippen molar-refractivity contribution in [2.75, 3.05) is 31.6 Å². The molecule has 2 aliphatic rings. The van der Waals surface area contributed by atoms with Gasteiger partial charge in [0, 0.05) is 12.6 Å². The van der Waals surface area contributed by atoms with Gasteiger partial charge in [0.25, 0.3) is 0 Å². The van der Waals surface area contributed by atoms with Gasteiger partial charge >= 0.3 is 5.97 Å². The van der Waals surface area contributed by atoms with Crippen molar-refractivity contribution < 1.29 is 9.53 Å². The average molecular weight is 290 g/mol. The maximum Gasteiger partial charge on any atom is 0.358 e. The first-order valence-electron chi connectivity index (χ1n) is 7.65. The summed E-state index contributed by atoms with van der Waals surface area (Å²) in [6.45, 7) is 3.17. The molecule has 0 amide bonds. The van der Waals surface area contributed by atoms with Crippen LogP contribution in [0.4, 0.5) is 5.82 Å². The molecular formula is C15H22N4O2. The minimum Gasteiger partial charge on any atom is -0.464 e. The highest BCUT2D eigenvalue weighted by atomic mass is 16.5. The maximum atomic E-state index is 11.6. The first-order valence-corrected chi connectivity index (χ1v) is 7.65. The van der Waals surface area contributed by atoms with Crippen LogP contribution in [0, 0.1) is 5.92 Å². The van der Waals surface area contributed by atoms with E-state index in [1.807, 2.05) is 0 Å². The zero-order valence-electron chi connectivity index (χ0n) is 12.4. The highest BCUT2D eigenvalue weighted by Gasteiger charge is 2.32. The Morgan fingerprint density at radius 2 is 2.29 bits per heavy atom. The van der Waals surface area contributed by atoms with Crippen LogP contribution in [0.3, 0.4) is 0 Å². The number of piperidine rings is 1. The number of nitrogens with one attached hydrogen (secondary N) is 1. The molecule has 1 aliphatic heterocycles. The second-order valence-corrected chi connectivity index (χ2v) is 5.85. The Balaban J connectivity index is 1.75. The molecule has 1 saturated heterocycles. The molecular weight excluding hydrogens is 268 g/mol. The third kappa shape index (κ3) is 3.50. The van der Waals surface area contributed by atoms with Crippen LogP contribution in [-0.2, 0) is 4.74 Å². The summed E-state index contributed by atoms with van der Waals surface area (Å²) in [5, 5.41) is 3.45. The van der Waals surface area contributed by atoms with Gasteiger partial charge in [-0.2, -0.15) is 0 Å². The zero-order valence-corrected chi connectivity index (χ0v) is 12.4. The molecule has 0 aromatic carbocycles. The number of esters is 1. The lowest BCUT2D eigenvalue weighted by Gasteiger charge is -2.31. The van der Waals surface area contributed by atoms with E-state index in [1.54, 1.807) is 6.20 Å². The van der Waals surface area contributed by atoms with Gasteiger partial charge in [-0.15, -0.1) is 0 Å². The highest BCUT2D eigenvalue weighted by Crippen LogP contribution is 2.32. The first-order chi connectivity index (χ1) is 10.3. The fourth-order valence-electron chi connectivity index (χ4n) is 2.87. The van der Waals surface area contributed by atoms with E-state index in [-0.39, 0.29) is 5.69 Å². The number of rotatable bonds is 5. The Bertz CT molecular complexity index is 498. The van der Waals surface area contributed by atoms with Gasteiger partial charge in [-0.05, 0) is 44.7 Å². The van der Waals surface area contributed by atoms with E-state index in [2.05, 4.69) is 20.2 Å². The van der Waals surface area contributed by atoms with Crippen LogP contribution in [0.2, 0.25) is 0 Å². The second kappa shape index (κ2) is 6.39. The number of anilines is 1. The molecule has 1 saturated carbocycles. The third-order valence-electron chi connectivity index (χ3n) is 4.15. The Morgan fingerprint density at radius 1 is 1.43 bits per heavy atom. The van der Waals surface area contributed by atoms with Crippen LogP contribution >= 0.6 is 0 Å². The van der Waals surface area contributed by atoms with Crippen LogP contribution in [0.25, 0.3) is 0 Å². The lowest BCUT2D eigenvalue weighted by atomic mass is 9.99. The summed E-state index contributed by atoms with van der Waals surface area (Å²) in [7, 11) is 1.36. The molecule has 1 atom stereocenters. The minimum absolute atomic E-state index is 0.280. The minimum atomic E-state index is -0.431. The van der Waals surface area contributed by atoms with Gasteiger partial charge in [-0.1, -0.05) is 0 Å². The van der Waals surface area contributed by atoms with E-state index in [1.165, 1.54) is 39.0 Å². The molecule has 3 rings (SSSR count). The van der Waals surface area contributed by atoms with E-state index in [4.69, 9.17) is 4.74 Å². The molecule has 2 heterocycles. The van der Waals surface area contributed by atoms with Gasteiger partial charge in [-0.25, -0.2) is 9.78 Å². The normalized spacial score (nSPS) is 21.9. The summed E-state index contributed by atoms with van der Waals surface area (Å²) >= 11 is 0. The van der Waals surface area contributed by atoms with Crippen LogP contribution in [0.1, 0.15) is 36.2 Å². The summed E-state index contributed by atoms with van der Waals surface area (Å²) in [4.78, 5) is 22.5.